The molecular weight excluding hydrogens is 187 g/mol. The van der Waals surface area contributed by atoms with E-state index in [9.17, 15) is 9.28 Å². The van der Waals surface area contributed by atoms with Crippen molar-refractivity contribution in [3.05, 3.63) is 29.7 Å². The molecule has 0 fully saturated rings. The fourth-order valence-corrected chi connectivity index (χ4v) is 1.19. The summed E-state index contributed by atoms with van der Waals surface area (Å²) >= 11 is 0. The van der Waals surface area contributed by atoms with Crippen LogP contribution in [0.25, 0.3) is 5.65 Å². The van der Waals surface area contributed by atoms with Gasteiger partial charge >= 0.3 is 0 Å². The molecule has 2 aromatic rings. The molecule has 0 aromatic carbocycles. The molecule has 14 heavy (non-hydrogen) atoms. The Morgan fingerprint density at radius 1 is 1.50 bits per heavy atom. The highest BCUT2D eigenvalue weighted by Gasteiger charge is 2.07. The van der Waals surface area contributed by atoms with E-state index in [4.69, 9.17) is 0 Å². The first-order valence-electron chi connectivity index (χ1n) is 3.95. The summed E-state index contributed by atoms with van der Waals surface area (Å²) in [5, 5.41) is 7.64. The van der Waals surface area contributed by atoms with Crippen molar-refractivity contribution in [1.82, 2.24) is 20.1 Å². The smallest absolute Gasteiger partial charge is 0.280 e. The molecule has 2 heterocycles. The number of nitrogens with zero attached hydrogens (tertiary/aromatic N) is 3. The van der Waals surface area contributed by atoms with Crippen LogP contribution in [-0.2, 0) is 0 Å². The Labute approximate surface area is 78.5 Å². The van der Waals surface area contributed by atoms with Gasteiger partial charge < -0.3 is 0 Å². The van der Waals surface area contributed by atoms with Gasteiger partial charge in [-0.05, 0) is 19.1 Å². The predicted molar refractivity (Wildman–Crippen MR) is 46.3 cm³/mol. The van der Waals surface area contributed by atoms with E-state index < -0.39 is 5.91 Å². The molecule has 0 aliphatic rings. The van der Waals surface area contributed by atoms with Crippen molar-refractivity contribution in [3.8, 4) is 0 Å². The quantitative estimate of drug-likeness (QED) is 0.678. The fraction of sp³-hybridized carbons (Fsp3) is 0.125. The second-order valence-electron chi connectivity index (χ2n) is 2.82. The minimum atomic E-state index is -0.778. The maximum atomic E-state index is 11.9. The molecule has 0 spiro atoms. The molecule has 2 aromatic heterocycles. The number of aromatic nitrogens is 3. The normalized spacial score (nSPS) is 10.4. The highest BCUT2D eigenvalue weighted by molar-refractivity contribution is 5.93. The van der Waals surface area contributed by atoms with Crippen molar-refractivity contribution in [2.24, 2.45) is 0 Å². The number of hydrogen-bond donors (Lipinski definition) is 1. The zero-order valence-corrected chi connectivity index (χ0v) is 7.36. The van der Waals surface area contributed by atoms with Crippen LogP contribution in [0.15, 0.2) is 18.3 Å². The number of fused-ring (bicyclic) bond motifs is 1. The van der Waals surface area contributed by atoms with E-state index in [1.54, 1.807) is 17.4 Å². The molecule has 0 saturated carbocycles. The first-order valence-corrected chi connectivity index (χ1v) is 3.95. The molecule has 1 N–H and O–H groups in total. The Kier molecular flexibility index (Phi) is 1.88. The Hall–Kier alpha value is -1.98. The Balaban J connectivity index is 2.60. The predicted octanol–water partition coefficient (Wildman–Crippen LogP) is 0.652. The molecular formula is C8H7FN4O. The molecule has 0 bridgehead atoms. The van der Waals surface area contributed by atoms with Crippen molar-refractivity contribution in [2.75, 3.05) is 0 Å². The number of hydrogen-bond acceptors (Lipinski definition) is 3. The zero-order chi connectivity index (χ0) is 10.1. The van der Waals surface area contributed by atoms with Crippen molar-refractivity contribution in [2.45, 2.75) is 6.92 Å². The van der Waals surface area contributed by atoms with E-state index in [1.807, 2.05) is 0 Å². The summed E-state index contributed by atoms with van der Waals surface area (Å²) in [6.07, 6.45) is 1.49. The second-order valence-corrected chi connectivity index (χ2v) is 2.82. The Bertz CT molecular complexity index is 493. The van der Waals surface area contributed by atoms with Gasteiger partial charge in [-0.15, -0.1) is 10.2 Å². The minimum absolute atomic E-state index is 0.225. The van der Waals surface area contributed by atoms with Crippen LogP contribution in [0.5, 0.6) is 0 Å². The summed E-state index contributed by atoms with van der Waals surface area (Å²) in [4.78, 5) is 11.0. The molecule has 0 unspecified atom stereocenters. The molecule has 0 aliphatic carbocycles. The van der Waals surface area contributed by atoms with Crippen molar-refractivity contribution in [1.29, 1.82) is 0 Å². The lowest BCUT2D eigenvalue weighted by Crippen LogP contribution is -2.14. The maximum absolute atomic E-state index is 11.9. The van der Waals surface area contributed by atoms with Gasteiger partial charge in [-0.2, -0.15) is 5.54 Å². The van der Waals surface area contributed by atoms with Crippen molar-refractivity contribution >= 4 is 11.6 Å². The second kappa shape index (κ2) is 3.06. The SMILES string of the molecule is Cc1nnc2ccc(C(=O)NF)cn12. The van der Waals surface area contributed by atoms with Gasteiger partial charge in [-0.3, -0.25) is 9.20 Å². The summed E-state index contributed by atoms with van der Waals surface area (Å²) in [6, 6.07) is 3.09. The number of nitrogens with one attached hydrogen (secondary N) is 1. The molecule has 0 atom stereocenters. The van der Waals surface area contributed by atoms with Gasteiger partial charge in [-0.25, -0.2) is 0 Å². The van der Waals surface area contributed by atoms with E-state index in [2.05, 4.69) is 10.2 Å². The van der Waals surface area contributed by atoms with Crippen molar-refractivity contribution < 1.29 is 9.28 Å². The molecule has 0 aliphatic heterocycles. The topological polar surface area (TPSA) is 59.3 Å². The number of aryl methyl sites for hydroxylation is 1. The van der Waals surface area contributed by atoms with Crippen LogP contribution in [-0.4, -0.2) is 20.5 Å². The lowest BCUT2D eigenvalue weighted by molar-refractivity contribution is 0.0859. The highest BCUT2D eigenvalue weighted by atomic mass is 19.2. The average molecular weight is 194 g/mol. The number of halogens is 1. The summed E-state index contributed by atoms with van der Waals surface area (Å²) in [6.45, 7) is 1.75. The fourth-order valence-electron chi connectivity index (χ4n) is 1.19. The highest BCUT2D eigenvalue weighted by Crippen LogP contribution is 2.06. The Morgan fingerprint density at radius 2 is 2.29 bits per heavy atom. The molecule has 2 rings (SSSR count). The Morgan fingerprint density at radius 3 is 3.00 bits per heavy atom. The van der Waals surface area contributed by atoms with Gasteiger partial charge in [0.15, 0.2) is 5.65 Å². The third-order valence-corrected chi connectivity index (χ3v) is 1.92. The number of carbonyl (C=O) groups excluding carboxylic acids is 1. The van der Waals surface area contributed by atoms with E-state index in [0.29, 0.717) is 11.5 Å². The molecule has 0 radical (unpaired) electrons. The molecule has 6 heteroatoms. The number of carbonyl (C=O) groups is 1. The van der Waals surface area contributed by atoms with Gasteiger partial charge in [0.2, 0.25) is 0 Å². The largest absolute Gasteiger partial charge is 0.286 e. The van der Waals surface area contributed by atoms with Gasteiger partial charge in [0.05, 0.1) is 5.56 Å². The molecule has 5 nitrogen and oxygen atoms in total. The van der Waals surface area contributed by atoms with Crippen LogP contribution in [0.2, 0.25) is 0 Å². The first-order chi connectivity index (χ1) is 6.72. The van der Waals surface area contributed by atoms with Crippen LogP contribution in [0.3, 0.4) is 0 Å². The van der Waals surface area contributed by atoms with Crippen LogP contribution in [0.4, 0.5) is 4.48 Å². The monoisotopic (exact) mass is 194 g/mol. The summed E-state index contributed by atoms with van der Waals surface area (Å²) < 4.78 is 13.5. The lowest BCUT2D eigenvalue weighted by Gasteiger charge is -1.98. The average Bonchev–Trinajstić information content (AvgIpc) is 2.59. The molecule has 1 amide bonds. The van der Waals surface area contributed by atoms with E-state index in [1.165, 1.54) is 12.3 Å². The minimum Gasteiger partial charge on any atom is -0.286 e. The number of amides is 1. The van der Waals surface area contributed by atoms with E-state index in [-0.39, 0.29) is 5.56 Å². The van der Waals surface area contributed by atoms with Crippen LogP contribution in [0.1, 0.15) is 16.2 Å². The van der Waals surface area contributed by atoms with Crippen LogP contribution >= 0.6 is 0 Å². The van der Waals surface area contributed by atoms with E-state index >= 15 is 0 Å². The van der Waals surface area contributed by atoms with Crippen molar-refractivity contribution in [3.63, 3.8) is 0 Å². The molecule has 0 saturated heterocycles. The van der Waals surface area contributed by atoms with Gasteiger partial charge in [0.25, 0.3) is 5.91 Å². The molecule has 72 valence electrons. The van der Waals surface area contributed by atoms with E-state index in [0.717, 1.165) is 5.54 Å². The maximum Gasteiger partial charge on any atom is 0.280 e. The number of pyridine rings is 1. The third kappa shape index (κ3) is 1.20. The zero-order valence-electron chi connectivity index (χ0n) is 7.36. The van der Waals surface area contributed by atoms with Gasteiger partial charge in [-0.1, -0.05) is 4.48 Å². The standard InChI is InChI=1S/C8H7FN4O/c1-5-11-12-7-3-2-6(4-13(5)7)8(14)10-9/h2-4H,1H3,(H,10,14). The summed E-state index contributed by atoms with van der Waals surface area (Å²) in [5.74, 6) is -0.131. The van der Waals surface area contributed by atoms with Gasteiger partial charge in [0.1, 0.15) is 5.82 Å². The first kappa shape index (κ1) is 8.61. The summed E-state index contributed by atoms with van der Waals surface area (Å²) in [5.41, 5.74) is 1.91. The number of rotatable bonds is 1. The van der Waals surface area contributed by atoms with Crippen LogP contribution < -0.4 is 5.54 Å². The summed E-state index contributed by atoms with van der Waals surface area (Å²) in [7, 11) is 0. The lowest BCUT2D eigenvalue weighted by atomic mass is 10.3. The third-order valence-electron chi connectivity index (χ3n) is 1.92. The van der Waals surface area contributed by atoms with Gasteiger partial charge in [0, 0.05) is 6.20 Å². The van der Waals surface area contributed by atoms with Crippen LogP contribution in [0, 0.1) is 6.92 Å².